The van der Waals surface area contributed by atoms with Gasteiger partial charge in [-0.2, -0.15) is 0 Å². The van der Waals surface area contributed by atoms with E-state index in [-0.39, 0.29) is 69.4 Å². The molecule has 82 heavy (non-hydrogen) atoms. The predicted octanol–water partition coefficient (Wildman–Crippen LogP) is -6.55. The molecule has 0 spiro atoms. The molecule has 0 aliphatic carbocycles. The van der Waals surface area contributed by atoms with Gasteiger partial charge in [-0.05, 0) is 96.9 Å². The number of amides is 10. The summed E-state index contributed by atoms with van der Waals surface area (Å²) in [5, 5.41) is 74.5. The number of guanidine groups is 1. The quantitative estimate of drug-likeness (QED) is 0.0155. The fourth-order valence-electron chi connectivity index (χ4n) is 7.69. The summed E-state index contributed by atoms with van der Waals surface area (Å²) in [6.07, 6.45) is -5.76. The normalized spacial score (nSPS) is 16.0. The molecule has 0 radical (unpaired) electrons. The molecule has 0 fully saturated rings. The van der Waals surface area contributed by atoms with Crippen molar-refractivity contribution in [1.82, 2.24) is 53.2 Å². The third-order valence-electron chi connectivity index (χ3n) is 12.1. The lowest BCUT2D eigenvalue weighted by atomic mass is 9.99. The molecule has 10 amide bonds. The Morgan fingerprint density at radius 3 is 1.23 bits per heavy atom. The second-order valence-electron chi connectivity index (χ2n) is 21.2. The summed E-state index contributed by atoms with van der Waals surface area (Å²) in [6, 6.07) is -15.4. The Balaban J connectivity index is 6.58. The molecule has 23 N–H and O–H groups in total. The number of nitrogens with zero attached hydrogens (tertiary/aromatic N) is 1. The van der Waals surface area contributed by atoms with Crippen LogP contribution in [0.15, 0.2) is 4.99 Å². The molecular weight excluding hydrogens is 1080 g/mol. The molecule has 0 aliphatic rings. The average molecular weight is 1170 g/mol. The lowest BCUT2D eigenvalue weighted by Gasteiger charge is -2.29. The lowest BCUT2D eigenvalue weighted by molar-refractivity contribution is -0.144. The van der Waals surface area contributed by atoms with Crippen molar-refractivity contribution >= 4 is 77.0 Å². The van der Waals surface area contributed by atoms with Crippen LogP contribution < -0.4 is 76.1 Å². The van der Waals surface area contributed by atoms with Crippen molar-refractivity contribution in [2.24, 2.45) is 45.7 Å². The molecule has 13 unspecified atom stereocenters. The third kappa shape index (κ3) is 28.9. The number of hydrogen-bond donors (Lipinski definition) is 19. The number of carbonyl (C=O) groups excluding carboxylic acids is 10. The van der Waals surface area contributed by atoms with Crippen LogP contribution in [0.1, 0.15) is 121 Å². The van der Waals surface area contributed by atoms with Crippen molar-refractivity contribution in [3.05, 3.63) is 0 Å². The standard InChI is InChI=1S/C50H91N15O17/c1-22(2)18-31(59-40(72)25(7)52)45(77)64-39(28(10)68)48(80)65-38(27(9)67)47(79)61-33(20-35(70)71)43(75)58-29(15-13-17-55-50(53)54)41(73)56-21-34(69)57-30(14-11-12-16-51)42(74)63-37(26(8)66)46(78)60-32(19-23(3)4)44(76)62-36(24(5)6)49(81)82/h22-33,36-39,66-68H,11-21,51-52H2,1-10H3,(H,56,73)(H,57,69)(H,58,75)(H,59,72)(H,60,78)(H,61,79)(H,62,76)(H,63,74)(H,64,77)(H,65,80)(H,70,71)(H,81,82)(H4,53,54,55). The molecule has 0 aromatic rings. The van der Waals surface area contributed by atoms with Crippen molar-refractivity contribution in [3.8, 4) is 0 Å². The van der Waals surface area contributed by atoms with E-state index in [1.807, 2.05) is 0 Å². The number of aliphatic hydroxyl groups is 3. The number of carbonyl (C=O) groups is 12. The summed E-state index contributed by atoms with van der Waals surface area (Å²) < 4.78 is 0. The first-order valence-electron chi connectivity index (χ1n) is 27.0. The number of aliphatic imine (C=N–C) groups is 1. The van der Waals surface area contributed by atoms with Crippen molar-refractivity contribution in [2.75, 3.05) is 19.6 Å². The maximum Gasteiger partial charge on any atom is 0.326 e. The van der Waals surface area contributed by atoms with Crippen LogP contribution in [-0.4, -0.2) is 201 Å². The van der Waals surface area contributed by atoms with Crippen molar-refractivity contribution in [2.45, 2.75) is 199 Å². The Labute approximate surface area is 476 Å². The van der Waals surface area contributed by atoms with Crippen LogP contribution in [0.5, 0.6) is 0 Å². The highest BCUT2D eigenvalue weighted by atomic mass is 16.4. The predicted molar refractivity (Wildman–Crippen MR) is 296 cm³/mol. The van der Waals surface area contributed by atoms with E-state index in [1.54, 1.807) is 41.5 Å². The van der Waals surface area contributed by atoms with Gasteiger partial charge in [0, 0.05) is 6.54 Å². The number of nitrogens with two attached hydrogens (primary N) is 4. The van der Waals surface area contributed by atoms with Crippen LogP contribution in [0.3, 0.4) is 0 Å². The van der Waals surface area contributed by atoms with Gasteiger partial charge in [-0.25, -0.2) is 4.79 Å². The van der Waals surface area contributed by atoms with Gasteiger partial charge in [-0.3, -0.25) is 57.7 Å². The van der Waals surface area contributed by atoms with Crippen LogP contribution in [0.2, 0.25) is 0 Å². The van der Waals surface area contributed by atoms with Crippen molar-refractivity contribution < 1.29 is 83.1 Å². The summed E-state index contributed by atoms with van der Waals surface area (Å²) >= 11 is 0. The van der Waals surface area contributed by atoms with E-state index in [0.29, 0.717) is 6.42 Å². The Bertz CT molecular complexity index is 2190. The van der Waals surface area contributed by atoms with E-state index >= 15 is 0 Å². The lowest BCUT2D eigenvalue weighted by Crippen LogP contribution is -2.63. The average Bonchev–Trinajstić information content (AvgIpc) is 3.46. The minimum absolute atomic E-state index is 0.0165. The van der Waals surface area contributed by atoms with Crippen LogP contribution in [0.4, 0.5) is 0 Å². The molecule has 0 bridgehead atoms. The van der Waals surface area contributed by atoms with Gasteiger partial charge in [0.25, 0.3) is 0 Å². The fourth-order valence-corrected chi connectivity index (χ4v) is 7.69. The number of rotatable bonds is 39. The summed E-state index contributed by atoms with van der Waals surface area (Å²) in [5.41, 5.74) is 22.1. The van der Waals surface area contributed by atoms with Crippen LogP contribution in [-0.2, 0) is 57.5 Å². The van der Waals surface area contributed by atoms with Crippen LogP contribution in [0.25, 0.3) is 0 Å². The number of aliphatic hydroxyl groups excluding tert-OH is 3. The number of hydrogen-bond acceptors (Lipinski definition) is 18. The SMILES string of the molecule is CC(C)CC(NC(=O)C(C)N)C(=O)NC(C(=O)NC(C(=O)NC(CC(=O)O)C(=O)NC(CCCN=C(N)N)C(=O)NCC(=O)NC(CCCCN)C(=O)NC(C(=O)NC(CC(C)C)C(=O)NC(C(=O)O)C(C)C)C(C)O)C(C)O)C(C)O. The second-order valence-corrected chi connectivity index (χ2v) is 21.2. The zero-order valence-corrected chi connectivity index (χ0v) is 48.4. The first kappa shape index (κ1) is 74.7. The highest BCUT2D eigenvalue weighted by molar-refractivity contribution is 5.99. The van der Waals surface area contributed by atoms with Gasteiger partial charge in [-0.1, -0.05) is 41.5 Å². The van der Waals surface area contributed by atoms with Gasteiger partial charge < -0.3 is 102 Å². The van der Waals surface area contributed by atoms with Gasteiger partial charge >= 0.3 is 11.9 Å². The number of unbranched alkanes of at least 4 members (excludes halogenated alkanes) is 1. The van der Waals surface area contributed by atoms with Crippen LogP contribution >= 0.6 is 0 Å². The topological polar surface area (TPSA) is 543 Å². The Morgan fingerprint density at radius 1 is 0.451 bits per heavy atom. The van der Waals surface area contributed by atoms with Gasteiger partial charge in [-0.15, -0.1) is 0 Å². The van der Waals surface area contributed by atoms with E-state index in [1.165, 1.54) is 13.8 Å². The molecular formula is C50H91N15O17. The zero-order chi connectivity index (χ0) is 63.3. The molecule has 13 atom stereocenters. The number of carboxylic acid groups (broad SMARTS) is 2. The van der Waals surface area contributed by atoms with Crippen molar-refractivity contribution in [1.29, 1.82) is 0 Å². The molecule has 0 aliphatic heterocycles. The highest BCUT2D eigenvalue weighted by Gasteiger charge is 2.38. The molecule has 468 valence electrons. The molecule has 0 saturated heterocycles. The molecule has 32 nitrogen and oxygen atoms in total. The van der Waals surface area contributed by atoms with E-state index < -0.39 is 169 Å². The van der Waals surface area contributed by atoms with Crippen LogP contribution in [0, 0.1) is 17.8 Å². The Kier molecular flexibility index (Phi) is 34.3. The highest BCUT2D eigenvalue weighted by Crippen LogP contribution is 2.12. The molecule has 0 saturated carbocycles. The van der Waals surface area contributed by atoms with E-state index in [4.69, 9.17) is 22.9 Å². The molecule has 32 heteroatoms. The smallest absolute Gasteiger partial charge is 0.326 e. The first-order valence-corrected chi connectivity index (χ1v) is 27.0. The monoisotopic (exact) mass is 1170 g/mol. The van der Waals surface area contributed by atoms with E-state index in [0.717, 1.165) is 13.8 Å². The third-order valence-corrected chi connectivity index (χ3v) is 12.1. The van der Waals surface area contributed by atoms with Crippen molar-refractivity contribution in [3.63, 3.8) is 0 Å². The second kappa shape index (κ2) is 37.7. The Morgan fingerprint density at radius 2 is 0.829 bits per heavy atom. The maximum absolute atomic E-state index is 13.8. The fraction of sp³-hybridized carbons (Fsp3) is 0.740. The molecule has 0 rings (SSSR count). The number of carboxylic acids is 2. The van der Waals surface area contributed by atoms with Gasteiger partial charge in [0.2, 0.25) is 59.1 Å². The maximum atomic E-state index is 13.8. The van der Waals surface area contributed by atoms with Gasteiger partial charge in [0.1, 0.15) is 54.4 Å². The summed E-state index contributed by atoms with van der Waals surface area (Å²) in [5.74, 6) is -14.5. The molecule has 0 heterocycles. The molecule has 0 aromatic carbocycles. The Hall–Kier alpha value is -7.29. The minimum Gasteiger partial charge on any atom is -0.481 e. The van der Waals surface area contributed by atoms with Gasteiger partial charge in [0.15, 0.2) is 5.96 Å². The van der Waals surface area contributed by atoms with E-state index in [2.05, 4.69) is 58.2 Å². The zero-order valence-electron chi connectivity index (χ0n) is 48.4. The number of nitrogens with one attached hydrogen (secondary N) is 10. The first-order chi connectivity index (χ1) is 38.0. The summed E-state index contributed by atoms with van der Waals surface area (Å²) in [4.78, 5) is 162. The van der Waals surface area contributed by atoms with Gasteiger partial charge in [0.05, 0.1) is 37.3 Å². The molecule has 0 aromatic heterocycles. The summed E-state index contributed by atoms with van der Waals surface area (Å²) in [6.45, 7) is 14.1. The minimum atomic E-state index is -2.02. The van der Waals surface area contributed by atoms with E-state index in [9.17, 15) is 83.1 Å². The number of aliphatic carboxylic acids is 2. The largest absolute Gasteiger partial charge is 0.481 e. The summed E-state index contributed by atoms with van der Waals surface area (Å²) in [7, 11) is 0.